The molecule has 0 radical (unpaired) electrons. The fraction of sp³-hybridized carbons (Fsp3) is 0.556. The highest BCUT2D eigenvalue weighted by Crippen LogP contribution is 2.46. The largest absolute Gasteiger partial charge is 0.416 e. The van der Waals surface area contributed by atoms with E-state index in [4.69, 9.17) is 0 Å². The number of fused-ring (bicyclic) bond motifs is 1. The van der Waals surface area contributed by atoms with Crippen molar-refractivity contribution in [2.75, 3.05) is 36.0 Å². The Kier molecular flexibility index (Phi) is 7.09. The van der Waals surface area contributed by atoms with Crippen molar-refractivity contribution in [2.45, 2.75) is 49.6 Å². The Hall–Kier alpha value is -2.11. The van der Waals surface area contributed by atoms with Gasteiger partial charge >= 0.3 is 6.18 Å². The number of anilines is 1. The van der Waals surface area contributed by atoms with E-state index >= 15 is 0 Å². The first kappa shape index (κ1) is 27.5. The van der Waals surface area contributed by atoms with Crippen LogP contribution in [0, 0.1) is 17.3 Å². The van der Waals surface area contributed by atoms with Crippen molar-refractivity contribution < 1.29 is 30.0 Å². The minimum atomic E-state index is -4.69. The van der Waals surface area contributed by atoms with E-state index in [1.165, 1.54) is 11.6 Å². The second-order valence-electron chi connectivity index (χ2n) is 11.4. The van der Waals surface area contributed by atoms with Crippen LogP contribution in [0.1, 0.15) is 49.7 Å². The number of alkyl halides is 3. The lowest BCUT2D eigenvalue weighted by atomic mass is 9.79. The van der Waals surface area contributed by atoms with Gasteiger partial charge in [0.15, 0.2) is 9.84 Å². The van der Waals surface area contributed by atoms with E-state index in [9.17, 15) is 30.0 Å². The Morgan fingerprint density at radius 1 is 1.05 bits per heavy atom. The second-order valence-corrected chi connectivity index (χ2v) is 15.3. The van der Waals surface area contributed by atoms with Crippen molar-refractivity contribution in [1.82, 2.24) is 4.72 Å². The summed E-state index contributed by atoms with van der Waals surface area (Å²) in [6.45, 7) is 2.57. The third-order valence-corrected chi connectivity index (χ3v) is 12.0. The van der Waals surface area contributed by atoms with Gasteiger partial charge in [0.2, 0.25) is 10.0 Å². The maximum Gasteiger partial charge on any atom is 0.416 e. The molecule has 0 amide bonds. The Balaban J connectivity index is 1.33. The SMILES string of the molecule is C[C@]12CN(c3ccc(C(F)(F)F)cc3S(=O)(=O)NCC3CCC(c4ccccc4)CC3)C[C@H]1CS(=O)(=O)C2. The van der Waals surface area contributed by atoms with Crippen LogP contribution < -0.4 is 9.62 Å². The van der Waals surface area contributed by atoms with E-state index in [1.54, 1.807) is 4.90 Å². The predicted molar refractivity (Wildman–Crippen MR) is 140 cm³/mol. The molecule has 1 N–H and O–H groups in total. The molecule has 2 aliphatic heterocycles. The van der Waals surface area contributed by atoms with Gasteiger partial charge in [-0.15, -0.1) is 0 Å². The summed E-state index contributed by atoms with van der Waals surface area (Å²) in [6, 6.07) is 13.0. The van der Waals surface area contributed by atoms with Gasteiger partial charge < -0.3 is 4.90 Å². The van der Waals surface area contributed by atoms with Crippen LogP contribution in [0.25, 0.3) is 0 Å². The lowest BCUT2D eigenvalue weighted by Gasteiger charge is -2.29. The molecule has 2 heterocycles. The number of sulfone groups is 1. The number of hydrogen-bond donors (Lipinski definition) is 1. The number of benzene rings is 2. The standard InChI is InChI=1S/C27H33F3N2O4S2/c1-26-17-32(15-23(26)16-37(33,34)18-26)24-12-11-22(27(28,29)30)13-25(24)38(35,36)31-14-19-7-9-21(10-8-19)20-5-3-2-4-6-20/h2-6,11-13,19,21,23,31H,7-10,14-18H2,1H3/t19?,21?,23-,26+/m0/s1. The van der Waals surface area contributed by atoms with Gasteiger partial charge in [-0.1, -0.05) is 37.3 Å². The molecule has 0 bridgehead atoms. The number of sulfonamides is 1. The number of halogens is 3. The summed E-state index contributed by atoms with van der Waals surface area (Å²) < 4.78 is 94.5. The smallest absolute Gasteiger partial charge is 0.370 e. The molecule has 1 saturated carbocycles. The highest BCUT2D eigenvalue weighted by atomic mass is 32.2. The molecule has 0 spiro atoms. The van der Waals surface area contributed by atoms with Gasteiger partial charge in [-0.3, -0.25) is 0 Å². The monoisotopic (exact) mass is 570 g/mol. The molecule has 3 fully saturated rings. The van der Waals surface area contributed by atoms with Crippen LogP contribution in [0.4, 0.5) is 18.9 Å². The normalized spacial score (nSPS) is 29.4. The van der Waals surface area contributed by atoms with Gasteiger partial charge in [-0.25, -0.2) is 21.6 Å². The van der Waals surface area contributed by atoms with Gasteiger partial charge in [0, 0.05) is 25.0 Å². The molecule has 3 aliphatic rings. The van der Waals surface area contributed by atoms with E-state index in [-0.39, 0.29) is 48.7 Å². The van der Waals surface area contributed by atoms with Gasteiger partial charge in [-0.05, 0) is 67.2 Å². The highest BCUT2D eigenvalue weighted by Gasteiger charge is 2.53. The molecule has 5 rings (SSSR count). The van der Waals surface area contributed by atoms with Gasteiger partial charge in [0.1, 0.15) is 4.90 Å². The van der Waals surface area contributed by atoms with E-state index in [0.29, 0.717) is 12.0 Å². The van der Waals surface area contributed by atoms with Gasteiger partial charge in [0.25, 0.3) is 0 Å². The van der Waals surface area contributed by atoms with E-state index < -0.39 is 41.9 Å². The van der Waals surface area contributed by atoms with Crippen molar-refractivity contribution in [3.05, 3.63) is 59.7 Å². The van der Waals surface area contributed by atoms with Crippen LogP contribution in [0.3, 0.4) is 0 Å². The second kappa shape index (κ2) is 9.82. The molecule has 2 aromatic rings. The summed E-state index contributed by atoms with van der Waals surface area (Å²) in [7, 11) is -7.44. The maximum absolute atomic E-state index is 13.6. The van der Waals surface area contributed by atoms with Crippen molar-refractivity contribution in [2.24, 2.45) is 17.3 Å². The molecule has 0 unspecified atom stereocenters. The lowest BCUT2D eigenvalue weighted by Crippen LogP contribution is -2.34. The summed E-state index contributed by atoms with van der Waals surface area (Å²) in [5.74, 6) is 0.340. The molecule has 2 atom stereocenters. The topological polar surface area (TPSA) is 83.6 Å². The third-order valence-electron chi connectivity index (χ3n) is 8.58. The van der Waals surface area contributed by atoms with Gasteiger partial charge in [0.05, 0.1) is 22.8 Å². The minimum Gasteiger partial charge on any atom is -0.370 e. The maximum atomic E-state index is 13.6. The fourth-order valence-corrected chi connectivity index (χ4v) is 10.4. The van der Waals surface area contributed by atoms with E-state index in [1.807, 2.05) is 25.1 Å². The van der Waals surface area contributed by atoms with Crippen molar-refractivity contribution in [3.63, 3.8) is 0 Å². The molecular weight excluding hydrogens is 537 g/mol. The average molecular weight is 571 g/mol. The summed E-state index contributed by atoms with van der Waals surface area (Å²) in [6.07, 6.45) is -1.17. The number of nitrogens with one attached hydrogen (secondary N) is 1. The third kappa shape index (κ3) is 5.60. The van der Waals surface area contributed by atoms with Crippen LogP contribution in [0.2, 0.25) is 0 Å². The van der Waals surface area contributed by atoms with Crippen LogP contribution >= 0.6 is 0 Å². The zero-order chi connectivity index (χ0) is 27.3. The van der Waals surface area contributed by atoms with E-state index in [2.05, 4.69) is 16.9 Å². The predicted octanol–water partition coefficient (Wildman–Crippen LogP) is 4.83. The summed E-state index contributed by atoms with van der Waals surface area (Å²) in [4.78, 5) is 1.33. The Labute approximate surface area is 222 Å². The Morgan fingerprint density at radius 2 is 1.74 bits per heavy atom. The summed E-state index contributed by atoms with van der Waals surface area (Å²) >= 11 is 0. The number of nitrogens with zero attached hydrogens (tertiary/aromatic N) is 1. The molecular formula is C27H33F3N2O4S2. The van der Waals surface area contributed by atoms with Crippen LogP contribution in [-0.2, 0) is 26.0 Å². The highest BCUT2D eigenvalue weighted by molar-refractivity contribution is 7.91. The summed E-state index contributed by atoms with van der Waals surface area (Å²) in [5.41, 5.74) is -0.130. The van der Waals surface area contributed by atoms with Crippen LogP contribution in [-0.4, -0.2) is 48.0 Å². The lowest BCUT2D eigenvalue weighted by molar-refractivity contribution is -0.137. The first-order chi connectivity index (χ1) is 17.8. The van der Waals surface area contributed by atoms with Crippen LogP contribution in [0.15, 0.2) is 53.4 Å². The van der Waals surface area contributed by atoms with Crippen molar-refractivity contribution in [3.8, 4) is 0 Å². The molecule has 1 aliphatic carbocycles. The van der Waals surface area contributed by atoms with Gasteiger partial charge in [-0.2, -0.15) is 13.2 Å². The first-order valence-corrected chi connectivity index (χ1v) is 16.3. The first-order valence-electron chi connectivity index (χ1n) is 13.0. The Morgan fingerprint density at radius 3 is 2.37 bits per heavy atom. The van der Waals surface area contributed by atoms with Crippen molar-refractivity contribution in [1.29, 1.82) is 0 Å². The number of hydrogen-bond acceptors (Lipinski definition) is 5. The van der Waals surface area contributed by atoms with E-state index in [0.717, 1.165) is 31.7 Å². The summed E-state index contributed by atoms with van der Waals surface area (Å²) in [5, 5.41) is 0. The fourth-order valence-electron chi connectivity index (χ4n) is 6.48. The quantitative estimate of drug-likeness (QED) is 0.538. The zero-order valence-corrected chi connectivity index (χ0v) is 22.9. The van der Waals surface area contributed by atoms with Crippen molar-refractivity contribution >= 4 is 25.5 Å². The zero-order valence-electron chi connectivity index (χ0n) is 21.2. The molecule has 208 valence electrons. The molecule has 0 aromatic heterocycles. The van der Waals surface area contributed by atoms with Crippen LogP contribution in [0.5, 0.6) is 0 Å². The molecule has 2 aromatic carbocycles. The molecule has 38 heavy (non-hydrogen) atoms. The minimum absolute atomic E-state index is 0.00616. The molecule has 6 nitrogen and oxygen atoms in total. The number of rotatable bonds is 6. The Bertz CT molecular complexity index is 1390. The molecule has 11 heteroatoms. The average Bonchev–Trinajstić information content (AvgIpc) is 3.28. The molecule has 2 saturated heterocycles.